The Kier molecular flexibility index (Phi) is 6.97. The average molecular weight is 519 g/mol. The van der Waals surface area contributed by atoms with Gasteiger partial charge in [-0.2, -0.15) is 18.5 Å². The van der Waals surface area contributed by atoms with E-state index in [-0.39, 0.29) is 16.3 Å². The molecule has 0 bridgehead atoms. The van der Waals surface area contributed by atoms with Gasteiger partial charge in [-0.1, -0.05) is 24.3 Å². The summed E-state index contributed by atoms with van der Waals surface area (Å²) in [5.74, 6) is -0.244. The molecule has 6 N–H and O–H groups in total. The summed E-state index contributed by atoms with van der Waals surface area (Å²) in [7, 11) is -0.379. The zero-order valence-corrected chi connectivity index (χ0v) is 20.2. The van der Waals surface area contributed by atoms with Crippen molar-refractivity contribution in [1.29, 1.82) is 0 Å². The van der Waals surface area contributed by atoms with Crippen LogP contribution < -0.4 is 21.2 Å². The highest BCUT2D eigenvalue weighted by atomic mass is 32.2. The molecule has 0 radical (unpaired) electrons. The largest absolute Gasteiger partial charge is 0.394 e. The summed E-state index contributed by atoms with van der Waals surface area (Å²) in [6.45, 7) is -0.577. The van der Waals surface area contributed by atoms with Crippen molar-refractivity contribution in [3.05, 3.63) is 58.6 Å². The molecule has 3 aromatic rings. The first-order chi connectivity index (χ1) is 17.0. The highest BCUT2D eigenvalue weighted by molar-refractivity contribution is 7.89. The van der Waals surface area contributed by atoms with Gasteiger partial charge in [-0.15, -0.1) is 0 Å². The van der Waals surface area contributed by atoms with Gasteiger partial charge in [0.15, 0.2) is 6.23 Å². The van der Waals surface area contributed by atoms with Crippen molar-refractivity contribution in [2.24, 2.45) is 5.10 Å². The molecule has 13 nitrogen and oxygen atoms in total. The molecule has 1 aromatic heterocycles. The smallest absolute Gasteiger partial charge is 0.351 e. The van der Waals surface area contributed by atoms with Crippen molar-refractivity contribution in [3.63, 3.8) is 0 Å². The molecule has 0 saturated carbocycles. The number of nitrogens with zero attached hydrogens (tertiary/aromatic N) is 4. The van der Waals surface area contributed by atoms with Crippen molar-refractivity contribution < 1.29 is 28.5 Å². The fourth-order valence-electron chi connectivity index (χ4n) is 3.99. The third-order valence-electron chi connectivity index (χ3n) is 5.81. The number of aromatic nitrogens is 2. The van der Waals surface area contributed by atoms with Gasteiger partial charge in [0.1, 0.15) is 24.1 Å². The molecule has 36 heavy (non-hydrogen) atoms. The highest BCUT2D eigenvalue weighted by Crippen LogP contribution is 2.30. The summed E-state index contributed by atoms with van der Waals surface area (Å²) in [5.41, 5.74) is 5.80. The number of nitrogens with two attached hydrogens (primary N) is 1. The molecular formula is C22H26N6O7S. The first-order valence-electron chi connectivity index (χ1n) is 10.8. The number of benzene rings is 2. The minimum Gasteiger partial charge on any atom is -0.394 e. The molecule has 2 heterocycles. The molecule has 2 aromatic carbocycles. The summed E-state index contributed by atoms with van der Waals surface area (Å²) in [5, 5.41) is 34.5. The van der Waals surface area contributed by atoms with E-state index in [0.717, 1.165) is 28.1 Å². The van der Waals surface area contributed by atoms with Gasteiger partial charge in [-0.3, -0.25) is 4.57 Å². The number of nitrogens with one attached hydrogen (secondary N) is 1. The Morgan fingerprint density at radius 3 is 2.56 bits per heavy atom. The minimum absolute atomic E-state index is 0.0171. The lowest BCUT2D eigenvalue weighted by molar-refractivity contribution is -0.0549. The molecule has 1 fully saturated rings. The first-order valence-corrected chi connectivity index (χ1v) is 12.3. The van der Waals surface area contributed by atoms with Gasteiger partial charge in [-0.25, -0.2) is 9.63 Å². The van der Waals surface area contributed by atoms with E-state index >= 15 is 0 Å². The van der Waals surface area contributed by atoms with E-state index in [1.54, 1.807) is 18.2 Å². The Balaban J connectivity index is 1.63. The summed E-state index contributed by atoms with van der Waals surface area (Å²) in [6, 6.07) is 10.2. The number of ether oxygens (including phenoxy) is 1. The van der Waals surface area contributed by atoms with E-state index < -0.39 is 46.9 Å². The summed E-state index contributed by atoms with van der Waals surface area (Å²) >= 11 is 0. The Labute approximate surface area is 206 Å². The molecular weight excluding hydrogens is 492 g/mol. The number of fused-ring (bicyclic) bond motifs is 1. The number of hydrogen-bond acceptors (Lipinski definition) is 11. The minimum atomic E-state index is -4.09. The lowest BCUT2D eigenvalue weighted by atomic mass is 10.1. The highest BCUT2D eigenvalue weighted by Gasteiger charge is 2.43. The lowest BCUT2D eigenvalue weighted by Gasteiger charge is -2.18. The number of anilines is 2. The van der Waals surface area contributed by atoms with E-state index in [9.17, 15) is 28.5 Å². The van der Waals surface area contributed by atoms with Crippen molar-refractivity contribution in [2.45, 2.75) is 29.4 Å². The maximum Gasteiger partial charge on any atom is 0.351 e. The normalized spacial score (nSPS) is 22.4. The predicted molar refractivity (Wildman–Crippen MR) is 132 cm³/mol. The van der Waals surface area contributed by atoms with Gasteiger partial charge in [0, 0.05) is 36.8 Å². The number of hydrazone groups is 1. The molecule has 1 saturated heterocycles. The van der Waals surface area contributed by atoms with Crippen LogP contribution in [0.1, 0.15) is 11.8 Å². The molecule has 1 aliphatic heterocycles. The number of aliphatic hydroxyl groups excluding tert-OH is 3. The quantitative estimate of drug-likeness (QED) is 0.191. The van der Waals surface area contributed by atoms with Gasteiger partial charge >= 0.3 is 5.69 Å². The third kappa shape index (κ3) is 4.64. The number of hydrogen-bond donors (Lipinski definition) is 5. The SMILES string of the molecule is CN(C)c1cccc2c(S(=O)(=O)N/N=C/c3cn([C@@H]4O[C@H](CO)[C@@H](O)[C@H]4O)c(=O)nc3N)cccc12. The molecule has 0 spiro atoms. The second-order valence-electron chi connectivity index (χ2n) is 8.38. The first kappa shape index (κ1) is 25.5. The van der Waals surface area contributed by atoms with E-state index in [1.807, 2.05) is 31.1 Å². The Morgan fingerprint density at radius 2 is 1.89 bits per heavy atom. The van der Waals surface area contributed by atoms with Crippen LogP contribution in [0, 0.1) is 0 Å². The van der Waals surface area contributed by atoms with Gasteiger partial charge in [0.25, 0.3) is 10.0 Å². The molecule has 192 valence electrons. The van der Waals surface area contributed by atoms with Crippen LogP contribution in [0.4, 0.5) is 11.5 Å². The van der Waals surface area contributed by atoms with Crippen molar-refractivity contribution in [3.8, 4) is 0 Å². The van der Waals surface area contributed by atoms with Gasteiger partial charge in [0.2, 0.25) is 0 Å². The Morgan fingerprint density at radius 1 is 1.19 bits per heavy atom. The average Bonchev–Trinajstić information content (AvgIpc) is 3.12. The number of rotatable bonds is 7. The fourth-order valence-corrected chi connectivity index (χ4v) is 5.01. The molecule has 4 rings (SSSR count). The lowest BCUT2D eigenvalue weighted by Crippen LogP contribution is -2.36. The zero-order valence-electron chi connectivity index (χ0n) is 19.4. The molecule has 4 atom stereocenters. The summed E-state index contributed by atoms with van der Waals surface area (Å²) in [4.78, 5) is 20.0. The van der Waals surface area contributed by atoms with Gasteiger partial charge < -0.3 is 30.7 Å². The van der Waals surface area contributed by atoms with Crippen LogP contribution in [0.2, 0.25) is 0 Å². The van der Waals surface area contributed by atoms with Crippen LogP contribution >= 0.6 is 0 Å². The molecule has 14 heteroatoms. The van der Waals surface area contributed by atoms with Crippen molar-refractivity contribution in [2.75, 3.05) is 31.3 Å². The third-order valence-corrected chi connectivity index (χ3v) is 7.09. The molecule has 1 aliphatic rings. The predicted octanol–water partition coefficient (Wildman–Crippen LogP) is -1.03. The molecule has 0 amide bonds. The second-order valence-corrected chi connectivity index (χ2v) is 10.0. The Hall–Kier alpha value is -3.56. The number of aliphatic hydroxyl groups is 3. The van der Waals surface area contributed by atoms with Crippen molar-refractivity contribution in [1.82, 2.24) is 14.4 Å². The van der Waals surface area contributed by atoms with Crippen LogP contribution in [-0.4, -0.2) is 78.5 Å². The monoisotopic (exact) mass is 518 g/mol. The Bertz CT molecular complexity index is 1470. The van der Waals surface area contributed by atoms with Gasteiger partial charge in [0.05, 0.1) is 23.3 Å². The number of sulfonamides is 1. The van der Waals surface area contributed by atoms with E-state index in [4.69, 9.17) is 10.5 Å². The zero-order chi connectivity index (χ0) is 26.2. The molecule has 0 aliphatic carbocycles. The van der Waals surface area contributed by atoms with E-state index in [1.165, 1.54) is 6.07 Å². The van der Waals surface area contributed by atoms with Crippen LogP contribution in [0.3, 0.4) is 0 Å². The topological polar surface area (TPSA) is 193 Å². The van der Waals surface area contributed by atoms with Gasteiger partial charge in [-0.05, 0) is 12.1 Å². The standard InChI is InChI=1S/C22H26N6O7S/c1-27(2)15-7-3-6-14-13(15)5-4-8-17(14)36(33,34)26-24-9-12-10-28(22(32)25-20(12)23)21-19(31)18(30)16(11-29)35-21/h3-10,16,18-19,21,26,29-31H,11H2,1-2H3,(H2,23,25,32)/b24-9+/t16-,18-,19-,21-/m1/s1. The summed E-state index contributed by atoms with van der Waals surface area (Å²) < 4.78 is 32.3. The second kappa shape index (κ2) is 9.83. The van der Waals surface area contributed by atoms with E-state index in [0.29, 0.717) is 5.39 Å². The van der Waals surface area contributed by atoms with E-state index in [2.05, 4.69) is 14.9 Å². The van der Waals surface area contributed by atoms with Crippen LogP contribution in [-0.2, 0) is 14.8 Å². The van der Waals surface area contributed by atoms with Crippen LogP contribution in [0.5, 0.6) is 0 Å². The van der Waals surface area contributed by atoms with Crippen LogP contribution in [0.15, 0.2) is 57.4 Å². The maximum absolute atomic E-state index is 13.0. The number of nitrogen functional groups attached to an aromatic ring is 1. The molecule has 0 unspecified atom stereocenters. The maximum atomic E-state index is 13.0. The van der Waals surface area contributed by atoms with Crippen molar-refractivity contribution >= 4 is 38.5 Å². The van der Waals surface area contributed by atoms with Crippen LogP contribution in [0.25, 0.3) is 10.8 Å². The fraction of sp³-hybridized carbons (Fsp3) is 0.318. The summed E-state index contributed by atoms with van der Waals surface area (Å²) in [6.07, 6.45) is -3.19.